The van der Waals surface area contributed by atoms with Crippen molar-refractivity contribution in [1.82, 2.24) is 0 Å². The molecule has 5 nitrogen and oxygen atoms in total. The molecular weight excluding hydrogens is 290 g/mol. The summed E-state index contributed by atoms with van der Waals surface area (Å²) in [6, 6.07) is 9.85. The van der Waals surface area contributed by atoms with Crippen LogP contribution in [-0.2, 0) is 9.53 Å². The zero-order valence-electron chi connectivity index (χ0n) is 11.3. The second-order valence-electron chi connectivity index (χ2n) is 4.24. The predicted molar refractivity (Wildman–Crippen MR) is 79.7 cm³/mol. The molecule has 0 saturated carbocycles. The van der Waals surface area contributed by atoms with Gasteiger partial charge in [-0.05, 0) is 42.6 Å². The van der Waals surface area contributed by atoms with Crippen LogP contribution < -0.4 is 5.32 Å². The fourth-order valence-corrected chi connectivity index (χ4v) is 2.20. The molecule has 2 aromatic rings. The molecule has 1 amide bonds. The topological polar surface area (TPSA) is 72.5 Å². The van der Waals surface area contributed by atoms with E-state index in [2.05, 4.69) is 5.32 Å². The lowest BCUT2D eigenvalue weighted by Crippen LogP contribution is -2.20. The lowest BCUT2D eigenvalue weighted by molar-refractivity contribution is -0.119. The molecule has 1 aromatic carbocycles. The molecule has 0 fully saturated rings. The molecule has 0 atom stereocenters. The van der Waals surface area contributed by atoms with Gasteiger partial charge in [0, 0.05) is 11.3 Å². The molecule has 0 bridgehead atoms. The van der Waals surface area contributed by atoms with Gasteiger partial charge in [-0.3, -0.25) is 9.59 Å². The van der Waals surface area contributed by atoms with Crippen LogP contribution in [0.3, 0.4) is 0 Å². The molecule has 6 heteroatoms. The van der Waals surface area contributed by atoms with Gasteiger partial charge < -0.3 is 10.1 Å². The highest BCUT2D eigenvalue weighted by Gasteiger charge is 2.11. The third-order valence-corrected chi connectivity index (χ3v) is 3.48. The summed E-state index contributed by atoms with van der Waals surface area (Å²) < 4.78 is 4.89. The molecular formula is C15H13NO4S. The molecule has 0 unspecified atom stereocenters. The van der Waals surface area contributed by atoms with Gasteiger partial charge in [0.1, 0.15) is 4.88 Å². The van der Waals surface area contributed by atoms with Crippen molar-refractivity contribution in [2.24, 2.45) is 0 Å². The van der Waals surface area contributed by atoms with E-state index in [1.807, 2.05) is 0 Å². The number of rotatable bonds is 5. The molecule has 0 aliphatic heterocycles. The van der Waals surface area contributed by atoms with E-state index in [0.29, 0.717) is 16.1 Å². The average molecular weight is 303 g/mol. The van der Waals surface area contributed by atoms with Crippen LogP contribution in [0.15, 0.2) is 41.8 Å². The van der Waals surface area contributed by atoms with Gasteiger partial charge in [-0.25, -0.2) is 4.79 Å². The minimum atomic E-state index is -0.521. The van der Waals surface area contributed by atoms with Crippen molar-refractivity contribution in [2.75, 3.05) is 11.9 Å². The van der Waals surface area contributed by atoms with Gasteiger partial charge >= 0.3 is 5.97 Å². The fourth-order valence-electron chi connectivity index (χ4n) is 1.58. The first-order chi connectivity index (χ1) is 10.1. The van der Waals surface area contributed by atoms with Gasteiger partial charge in [0.2, 0.25) is 0 Å². The monoisotopic (exact) mass is 303 g/mol. The number of ketones is 1. The van der Waals surface area contributed by atoms with Gasteiger partial charge in [-0.1, -0.05) is 6.07 Å². The highest BCUT2D eigenvalue weighted by atomic mass is 32.1. The molecule has 1 N–H and O–H groups in total. The van der Waals surface area contributed by atoms with Crippen LogP contribution >= 0.6 is 11.3 Å². The number of thiophene rings is 1. The highest BCUT2D eigenvalue weighted by molar-refractivity contribution is 7.11. The van der Waals surface area contributed by atoms with Gasteiger partial charge in [0.15, 0.2) is 12.4 Å². The highest BCUT2D eigenvalue weighted by Crippen LogP contribution is 2.11. The van der Waals surface area contributed by atoms with Crippen molar-refractivity contribution in [3.8, 4) is 0 Å². The Balaban J connectivity index is 1.84. The summed E-state index contributed by atoms with van der Waals surface area (Å²) in [4.78, 5) is 34.8. The van der Waals surface area contributed by atoms with Crippen molar-refractivity contribution in [2.45, 2.75) is 6.92 Å². The molecule has 21 heavy (non-hydrogen) atoms. The van der Waals surface area contributed by atoms with Gasteiger partial charge in [0.05, 0.1) is 0 Å². The molecule has 1 heterocycles. The molecule has 2 rings (SSSR count). The maximum absolute atomic E-state index is 11.7. The Hall–Kier alpha value is -2.47. The normalized spacial score (nSPS) is 9.95. The lowest BCUT2D eigenvalue weighted by Gasteiger charge is -2.06. The Bertz CT molecular complexity index is 647. The molecule has 1 aromatic heterocycles. The molecule has 0 radical (unpaired) electrons. The third-order valence-electron chi connectivity index (χ3n) is 2.63. The summed E-state index contributed by atoms with van der Waals surface area (Å²) in [5.74, 6) is -1.000. The minimum absolute atomic E-state index is 0.0437. The van der Waals surface area contributed by atoms with Crippen molar-refractivity contribution in [1.29, 1.82) is 0 Å². The number of benzene rings is 1. The Morgan fingerprint density at radius 2 is 1.86 bits per heavy atom. The quantitative estimate of drug-likeness (QED) is 0.681. The maximum atomic E-state index is 11.7. The summed E-state index contributed by atoms with van der Waals surface area (Å²) in [5, 5.41) is 4.34. The zero-order chi connectivity index (χ0) is 15.2. The number of anilines is 1. The van der Waals surface area contributed by atoms with E-state index < -0.39 is 11.9 Å². The number of hydrogen-bond acceptors (Lipinski definition) is 5. The Kier molecular flexibility index (Phi) is 4.84. The van der Waals surface area contributed by atoms with E-state index in [-0.39, 0.29) is 12.4 Å². The Morgan fingerprint density at radius 3 is 2.43 bits per heavy atom. The van der Waals surface area contributed by atoms with E-state index in [1.165, 1.54) is 18.3 Å². The van der Waals surface area contributed by atoms with Crippen molar-refractivity contribution in [3.63, 3.8) is 0 Å². The smallest absolute Gasteiger partial charge is 0.348 e. The summed E-state index contributed by atoms with van der Waals surface area (Å²) in [6.45, 7) is 1.11. The van der Waals surface area contributed by atoms with Crippen LogP contribution in [0, 0.1) is 0 Å². The Labute approximate surface area is 125 Å². The number of ether oxygens (including phenoxy) is 1. The van der Waals surface area contributed by atoms with Gasteiger partial charge in [0.25, 0.3) is 5.91 Å². The first-order valence-electron chi connectivity index (χ1n) is 6.18. The second kappa shape index (κ2) is 6.81. The van der Waals surface area contributed by atoms with Crippen molar-refractivity contribution >= 4 is 34.7 Å². The van der Waals surface area contributed by atoms with E-state index in [0.717, 1.165) is 0 Å². The maximum Gasteiger partial charge on any atom is 0.348 e. The minimum Gasteiger partial charge on any atom is -0.451 e. The Morgan fingerprint density at radius 1 is 1.14 bits per heavy atom. The number of carbonyl (C=O) groups is 3. The van der Waals surface area contributed by atoms with Crippen LogP contribution in [0.4, 0.5) is 5.69 Å². The first-order valence-corrected chi connectivity index (χ1v) is 7.05. The van der Waals surface area contributed by atoms with Crippen LogP contribution in [0.25, 0.3) is 0 Å². The molecule has 0 aliphatic rings. The molecule has 0 aliphatic carbocycles. The summed E-state index contributed by atoms with van der Waals surface area (Å²) in [5.41, 5.74) is 1.11. The van der Waals surface area contributed by atoms with E-state index in [9.17, 15) is 14.4 Å². The standard InChI is InChI=1S/C15H13NO4S/c1-10(17)11-4-6-12(7-5-11)16-14(18)9-20-15(19)13-3-2-8-21-13/h2-8H,9H2,1H3,(H,16,18). The van der Waals surface area contributed by atoms with Gasteiger partial charge in [-0.15, -0.1) is 11.3 Å². The number of esters is 1. The number of amides is 1. The number of Topliss-reactive ketones (excluding diaryl/α,β-unsaturated/α-hetero) is 1. The second-order valence-corrected chi connectivity index (χ2v) is 5.18. The van der Waals surface area contributed by atoms with Crippen LogP contribution in [0.1, 0.15) is 27.0 Å². The summed E-state index contributed by atoms with van der Waals surface area (Å²) >= 11 is 1.25. The first kappa shape index (κ1) is 14.9. The molecule has 0 spiro atoms. The van der Waals surface area contributed by atoms with Gasteiger partial charge in [-0.2, -0.15) is 0 Å². The van der Waals surface area contributed by atoms with Crippen LogP contribution in [0.2, 0.25) is 0 Å². The van der Waals surface area contributed by atoms with E-state index >= 15 is 0 Å². The lowest BCUT2D eigenvalue weighted by atomic mass is 10.1. The van der Waals surface area contributed by atoms with E-state index in [1.54, 1.807) is 41.8 Å². The SMILES string of the molecule is CC(=O)c1ccc(NC(=O)COC(=O)c2cccs2)cc1. The largest absolute Gasteiger partial charge is 0.451 e. The number of nitrogens with one attached hydrogen (secondary N) is 1. The van der Waals surface area contributed by atoms with Crippen LogP contribution in [0.5, 0.6) is 0 Å². The molecule has 0 saturated heterocycles. The predicted octanol–water partition coefficient (Wildman–Crippen LogP) is 2.75. The average Bonchev–Trinajstić information content (AvgIpc) is 2.99. The van der Waals surface area contributed by atoms with Crippen molar-refractivity contribution < 1.29 is 19.1 Å². The number of carbonyl (C=O) groups excluding carboxylic acids is 3. The zero-order valence-corrected chi connectivity index (χ0v) is 12.1. The fraction of sp³-hybridized carbons (Fsp3) is 0.133. The molecule has 108 valence electrons. The third kappa shape index (κ3) is 4.25. The summed E-state index contributed by atoms with van der Waals surface area (Å²) in [7, 11) is 0. The summed E-state index contributed by atoms with van der Waals surface area (Å²) in [6.07, 6.45) is 0. The number of hydrogen-bond donors (Lipinski definition) is 1. The van der Waals surface area contributed by atoms with Crippen LogP contribution in [-0.4, -0.2) is 24.3 Å². The van der Waals surface area contributed by atoms with Crippen molar-refractivity contribution in [3.05, 3.63) is 52.2 Å². The van der Waals surface area contributed by atoms with E-state index in [4.69, 9.17) is 4.74 Å².